The zero-order valence-corrected chi connectivity index (χ0v) is 13.7. The van der Waals surface area contributed by atoms with Gasteiger partial charge in [0.25, 0.3) is 0 Å². The van der Waals surface area contributed by atoms with Crippen molar-refractivity contribution in [3.05, 3.63) is 66.4 Å². The number of hydrogen-bond donors (Lipinski definition) is 3. The number of pyridine rings is 1. The number of para-hydroxylation sites is 1. The van der Waals surface area contributed by atoms with Crippen molar-refractivity contribution in [3.8, 4) is 11.6 Å². The Hall–Kier alpha value is -3.54. The fourth-order valence-corrected chi connectivity index (χ4v) is 2.58. The second-order valence-corrected chi connectivity index (χ2v) is 5.76. The standard InChI is InChI=1S/C19H17N5O/c1-12-10-18(24-23-12)21-17-11-19(22-16-5-3-2-4-15(16)17)25-14-8-6-13(20)7-9-14/h2-11H,20H2,1H3,(H2,21,22,23,24). The van der Waals surface area contributed by atoms with Crippen molar-refractivity contribution in [2.45, 2.75) is 6.92 Å². The van der Waals surface area contributed by atoms with Crippen LogP contribution in [-0.4, -0.2) is 15.2 Å². The third-order valence-corrected chi connectivity index (χ3v) is 3.76. The van der Waals surface area contributed by atoms with E-state index in [0.717, 1.165) is 28.1 Å². The molecular formula is C19H17N5O. The van der Waals surface area contributed by atoms with Crippen molar-refractivity contribution in [2.75, 3.05) is 11.1 Å². The van der Waals surface area contributed by atoms with Crippen LogP contribution in [0.3, 0.4) is 0 Å². The number of rotatable bonds is 4. The van der Waals surface area contributed by atoms with Gasteiger partial charge >= 0.3 is 0 Å². The lowest BCUT2D eigenvalue weighted by Gasteiger charge is -2.11. The number of hydrogen-bond acceptors (Lipinski definition) is 5. The highest BCUT2D eigenvalue weighted by molar-refractivity contribution is 5.93. The summed E-state index contributed by atoms with van der Waals surface area (Å²) in [4.78, 5) is 4.58. The third kappa shape index (κ3) is 3.23. The highest BCUT2D eigenvalue weighted by Crippen LogP contribution is 2.31. The third-order valence-electron chi connectivity index (χ3n) is 3.76. The van der Waals surface area contributed by atoms with Gasteiger partial charge in [0.05, 0.1) is 11.2 Å². The van der Waals surface area contributed by atoms with Crippen LogP contribution in [0.5, 0.6) is 11.6 Å². The molecule has 6 nitrogen and oxygen atoms in total. The maximum absolute atomic E-state index is 5.89. The summed E-state index contributed by atoms with van der Waals surface area (Å²) in [5, 5.41) is 11.5. The van der Waals surface area contributed by atoms with Crippen molar-refractivity contribution in [2.24, 2.45) is 0 Å². The summed E-state index contributed by atoms with van der Waals surface area (Å²) >= 11 is 0. The van der Waals surface area contributed by atoms with Gasteiger partial charge in [0.1, 0.15) is 5.75 Å². The monoisotopic (exact) mass is 331 g/mol. The molecule has 4 rings (SSSR count). The first kappa shape index (κ1) is 15.0. The van der Waals surface area contributed by atoms with E-state index in [9.17, 15) is 0 Å². The zero-order chi connectivity index (χ0) is 17.2. The first-order valence-electron chi connectivity index (χ1n) is 7.89. The van der Waals surface area contributed by atoms with Crippen LogP contribution in [0.15, 0.2) is 60.7 Å². The van der Waals surface area contributed by atoms with Gasteiger partial charge < -0.3 is 15.8 Å². The summed E-state index contributed by atoms with van der Waals surface area (Å²) in [7, 11) is 0. The molecule has 4 aromatic rings. The van der Waals surface area contributed by atoms with E-state index in [1.54, 1.807) is 12.1 Å². The smallest absolute Gasteiger partial charge is 0.221 e. The molecule has 0 atom stereocenters. The molecule has 0 aliphatic heterocycles. The molecule has 0 saturated heterocycles. The molecule has 0 spiro atoms. The molecule has 0 unspecified atom stereocenters. The number of nitrogens with zero attached hydrogens (tertiary/aromatic N) is 2. The van der Waals surface area contributed by atoms with Gasteiger partial charge in [-0.05, 0) is 37.3 Å². The summed E-state index contributed by atoms with van der Waals surface area (Å²) in [5.74, 6) is 1.92. The number of aryl methyl sites for hydroxylation is 1. The average Bonchev–Trinajstić information content (AvgIpc) is 3.02. The van der Waals surface area contributed by atoms with Crippen molar-refractivity contribution in [3.63, 3.8) is 0 Å². The number of nitrogens with two attached hydrogens (primary N) is 1. The average molecular weight is 331 g/mol. The van der Waals surface area contributed by atoms with E-state index in [1.807, 2.05) is 55.5 Å². The molecule has 2 aromatic carbocycles. The normalized spacial score (nSPS) is 10.8. The molecule has 0 aliphatic rings. The summed E-state index contributed by atoms with van der Waals surface area (Å²) in [6.45, 7) is 1.96. The number of aromatic amines is 1. The predicted molar refractivity (Wildman–Crippen MR) is 99.3 cm³/mol. The molecule has 2 aromatic heterocycles. The van der Waals surface area contributed by atoms with Gasteiger partial charge in [0.15, 0.2) is 5.82 Å². The van der Waals surface area contributed by atoms with Gasteiger partial charge in [-0.2, -0.15) is 5.10 Å². The van der Waals surface area contributed by atoms with Crippen molar-refractivity contribution < 1.29 is 4.74 Å². The van der Waals surface area contributed by atoms with E-state index in [-0.39, 0.29) is 0 Å². The minimum atomic E-state index is 0.498. The Bertz CT molecular complexity index is 1020. The molecule has 2 heterocycles. The number of anilines is 3. The van der Waals surface area contributed by atoms with E-state index >= 15 is 0 Å². The SMILES string of the molecule is Cc1cc(Nc2cc(Oc3ccc(N)cc3)nc3ccccc23)n[nH]1. The van der Waals surface area contributed by atoms with Crippen LogP contribution in [0, 0.1) is 6.92 Å². The van der Waals surface area contributed by atoms with Crippen LogP contribution < -0.4 is 15.8 Å². The Labute approximate surface area is 144 Å². The number of fused-ring (bicyclic) bond motifs is 1. The van der Waals surface area contributed by atoms with Gasteiger partial charge in [-0.3, -0.25) is 5.10 Å². The molecule has 0 fully saturated rings. The first-order valence-corrected chi connectivity index (χ1v) is 7.89. The minimum Gasteiger partial charge on any atom is -0.439 e. The van der Waals surface area contributed by atoms with E-state index < -0.39 is 0 Å². The summed E-state index contributed by atoms with van der Waals surface area (Å²) in [6, 6.07) is 18.9. The van der Waals surface area contributed by atoms with Crippen LogP contribution in [0.1, 0.15) is 5.69 Å². The number of H-pyrrole nitrogens is 1. The van der Waals surface area contributed by atoms with E-state index in [0.29, 0.717) is 17.3 Å². The Morgan fingerprint density at radius 3 is 2.60 bits per heavy atom. The molecule has 0 bridgehead atoms. The maximum atomic E-state index is 5.89. The highest BCUT2D eigenvalue weighted by Gasteiger charge is 2.09. The predicted octanol–water partition coefficient (Wildman–Crippen LogP) is 4.38. The number of nitrogens with one attached hydrogen (secondary N) is 2. The largest absolute Gasteiger partial charge is 0.439 e. The highest BCUT2D eigenvalue weighted by atomic mass is 16.5. The van der Waals surface area contributed by atoms with E-state index in [2.05, 4.69) is 20.5 Å². The summed E-state index contributed by atoms with van der Waals surface area (Å²) < 4.78 is 5.89. The van der Waals surface area contributed by atoms with Gasteiger partial charge in [0, 0.05) is 28.9 Å². The van der Waals surface area contributed by atoms with Crippen LogP contribution in [-0.2, 0) is 0 Å². The van der Waals surface area contributed by atoms with Gasteiger partial charge in [-0.15, -0.1) is 0 Å². The quantitative estimate of drug-likeness (QED) is 0.483. The van der Waals surface area contributed by atoms with E-state index in [1.165, 1.54) is 0 Å². The molecule has 0 saturated carbocycles. The Morgan fingerprint density at radius 2 is 1.84 bits per heavy atom. The number of aromatic nitrogens is 3. The fraction of sp³-hybridized carbons (Fsp3) is 0.0526. The molecule has 0 amide bonds. The Morgan fingerprint density at radius 1 is 1.04 bits per heavy atom. The van der Waals surface area contributed by atoms with Crippen LogP contribution in [0.2, 0.25) is 0 Å². The lowest BCUT2D eigenvalue weighted by Crippen LogP contribution is -1.96. The molecule has 4 N–H and O–H groups in total. The Balaban J connectivity index is 1.73. The molecule has 25 heavy (non-hydrogen) atoms. The van der Waals surface area contributed by atoms with Crippen molar-refractivity contribution in [1.82, 2.24) is 15.2 Å². The van der Waals surface area contributed by atoms with Gasteiger partial charge in [-0.1, -0.05) is 18.2 Å². The van der Waals surface area contributed by atoms with Crippen LogP contribution in [0.4, 0.5) is 17.2 Å². The lowest BCUT2D eigenvalue weighted by atomic mass is 10.2. The first-order chi connectivity index (χ1) is 12.2. The van der Waals surface area contributed by atoms with Gasteiger partial charge in [-0.25, -0.2) is 4.98 Å². The molecule has 0 radical (unpaired) electrons. The fourth-order valence-electron chi connectivity index (χ4n) is 2.58. The second kappa shape index (κ2) is 6.16. The van der Waals surface area contributed by atoms with Crippen LogP contribution in [0.25, 0.3) is 10.9 Å². The zero-order valence-electron chi connectivity index (χ0n) is 13.7. The van der Waals surface area contributed by atoms with Crippen LogP contribution >= 0.6 is 0 Å². The number of ether oxygens (including phenoxy) is 1. The van der Waals surface area contributed by atoms with Crippen molar-refractivity contribution in [1.29, 1.82) is 0 Å². The van der Waals surface area contributed by atoms with E-state index in [4.69, 9.17) is 10.5 Å². The summed E-state index contributed by atoms with van der Waals surface area (Å²) in [5.41, 5.74) is 9.11. The molecular weight excluding hydrogens is 314 g/mol. The minimum absolute atomic E-state index is 0.498. The molecule has 0 aliphatic carbocycles. The van der Waals surface area contributed by atoms with Gasteiger partial charge in [0.2, 0.25) is 5.88 Å². The van der Waals surface area contributed by atoms with Crippen molar-refractivity contribution >= 4 is 28.1 Å². The lowest BCUT2D eigenvalue weighted by molar-refractivity contribution is 0.465. The molecule has 6 heteroatoms. The Kier molecular flexibility index (Phi) is 3.70. The second-order valence-electron chi connectivity index (χ2n) is 5.76. The topological polar surface area (TPSA) is 88.8 Å². The number of benzene rings is 2. The number of nitrogen functional groups attached to an aromatic ring is 1. The summed E-state index contributed by atoms with van der Waals surface area (Å²) in [6.07, 6.45) is 0. The molecule has 124 valence electrons. The maximum Gasteiger partial charge on any atom is 0.221 e.